The van der Waals surface area contributed by atoms with Crippen LogP contribution in [0.4, 0.5) is 0 Å². The Morgan fingerprint density at radius 3 is 2.23 bits per heavy atom. The van der Waals surface area contributed by atoms with E-state index in [0.29, 0.717) is 23.7 Å². The molecule has 2 rings (SSSR count). The second-order valence-corrected chi connectivity index (χ2v) is 7.93. The smallest absolute Gasteiger partial charge is 0.261 e. The van der Waals surface area contributed by atoms with E-state index >= 15 is 0 Å². The van der Waals surface area contributed by atoms with Crippen molar-refractivity contribution in [2.24, 2.45) is 0 Å². The first-order chi connectivity index (χ1) is 14.3. The van der Waals surface area contributed by atoms with E-state index in [-0.39, 0.29) is 24.5 Å². The van der Waals surface area contributed by atoms with Gasteiger partial charge in [-0.25, -0.2) is 0 Å². The summed E-state index contributed by atoms with van der Waals surface area (Å²) in [6.07, 6.45) is 1.34. The number of nitrogens with zero attached hydrogens (tertiary/aromatic N) is 1. The molecule has 0 aromatic heterocycles. The molecule has 0 spiro atoms. The third kappa shape index (κ3) is 7.06. The van der Waals surface area contributed by atoms with Gasteiger partial charge in [0, 0.05) is 17.6 Å². The highest BCUT2D eigenvalue weighted by Crippen LogP contribution is 2.17. The van der Waals surface area contributed by atoms with E-state index in [4.69, 9.17) is 16.3 Å². The van der Waals surface area contributed by atoms with Gasteiger partial charge in [-0.3, -0.25) is 9.59 Å². The van der Waals surface area contributed by atoms with Gasteiger partial charge in [-0.1, -0.05) is 55.3 Å². The van der Waals surface area contributed by atoms with E-state index in [1.165, 1.54) is 0 Å². The summed E-state index contributed by atoms with van der Waals surface area (Å²) < 4.78 is 5.66. The van der Waals surface area contributed by atoms with Crippen molar-refractivity contribution in [3.8, 4) is 5.75 Å². The number of hydrogen-bond donors (Lipinski definition) is 1. The number of carbonyl (C=O) groups excluding carboxylic acids is 2. The lowest BCUT2D eigenvalue weighted by atomic mass is 10.1. The maximum Gasteiger partial charge on any atom is 0.261 e. The molecule has 162 valence electrons. The minimum absolute atomic E-state index is 0.0493. The number of hydrogen-bond acceptors (Lipinski definition) is 3. The minimum Gasteiger partial charge on any atom is -0.484 e. The van der Waals surface area contributed by atoms with E-state index in [0.717, 1.165) is 17.5 Å². The first kappa shape index (κ1) is 23.7. The molecule has 0 heterocycles. The Bertz CT molecular complexity index is 821. The molecular formula is C24H31ClN2O3. The minimum atomic E-state index is -0.568. The van der Waals surface area contributed by atoms with Gasteiger partial charge in [-0.15, -0.1) is 0 Å². The predicted molar refractivity (Wildman–Crippen MR) is 121 cm³/mol. The Balaban J connectivity index is 2.19. The van der Waals surface area contributed by atoms with E-state index in [2.05, 4.69) is 5.32 Å². The molecule has 0 fully saturated rings. The van der Waals surface area contributed by atoms with Crippen LogP contribution >= 0.6 is 11.6 Å². The van der Waals surface area contributed by atoms with Crippen LogP contribution in [-0.4, -0.2) is 35.4 Å². The fraction of sp³-hybridized carbons (Fsp3) is 0.417. The molecule has 0 saturated heterocycles. The number of carbonyl (C=O) groups is 2. The van der Waals surface area contributed by atoms with Crippen LogP contribution in [0, 0.1) is 6.92 Å². The number of rotatable bonds is 10. The van der Waals surface area contributed by atoms with Crippen LogP contribution < -0.4 is 10.1 Å². The van der Waals surface area contributed by atoms with E-state index in [1.807, 2.05) is 52.0 Å². The predicted octanol–water partition coefficient (Wildman–Crippen LogP) is 4.75. The number of benzene rings is 2. The fourth-order valence-corrected chi connectivity index (χ4v) is 3.14. The van der Waals surface area contributed by atoms with Crippen molar-refractivity contribution in [1.82, 2.24) is 10.2 Å². The first-order valence-corrected chi connectivity index (χ1v) is 10.8. The summed E-state index contributed by atoms with van der Waals surface area (Å²) in [5.41, 5.74) is 2.11. The summed E-state index contributed by atoms with van der Waals surface area (Å²) >= 11 is 5.90. The molecule has 30 heavy (non-hydrogen) atoms. The molecule has 2 aromatic rings. The molecule has 2 atom stereocenters. The maximum absolute atomic E-state index is 13.1. The van der Waals surface area contributed by atoms with Gasteiger partial charge >= 0.3 is 0 Å². The molecule has 0 bridgehead atoms. The third-order valence-corrected chi connectivity index (χ3v) is 5.29. The normalized spacial score (nSPS) is 12.7. The van der Waals surface area contributed by atoms with Gasteiger partial charge in [0.05, 0.1) is 0 Å². The highest BCUT2D eigenvalue weighted by molar-refractivity contribution is 6.30. The summed E-state index contributed by atoms with van der Waals surface area (Å²) in [7, 11) is 0. The topological polar surface area (TPSA) is 58.6 Å². The molecule has 2 amide bonds. The van der Waals surface area contributed by atoms with Crippen molar-refractivity contribution in [1.29, 1.82) is 0 Å². The van der Waals surface area contributed by atoms with Gasteiger partial charge in [0.2, 0.25) is 5.91 Å². The zero-order chi connectivity index (χ0) is 22.1. The van der Waals surface area contributed by atoms with Crippen LogP contribution in [0.1, 0.15) is 44.7 Å². The fourth-order valence-electron chi connectivity index (χ4n) is 3.01. The lowest BCUT2D eigenvalue weighted by Crippen LogP contribution is -2.51. The largest absolute Gasteiger partial charge is 0.484 e. The third-order valence-electron chi connectivity index (χ3n) is 5.04. The molecule has 0 saturated carbocycles. The van der Waals surface area contributed by atoms with Crippen LogP contribution in [0.2, 0.25) is 5.02 Å². The van der Waals surface area contributed by atoms with Crippen LogP contribution in [0.5, 0.6) is 5.75 Å². The highest BCUT2D eigenvalue weighted by atomic mass is 35.5. The Hall–Kier alpha value is -2.53. The van der Waals surface area contributed by atoms with Gasteiger partial charge in [-0.05, 0) is 56.5 Å². The first-order valence-electron chi connectivity index (χ1n) is 10.4. The molecule has 0 aliphatic rings. The summed E-state index contributed by atoms with van der Waals surface area (Å²) in [5.74, 6) is 0.177. The summed E-state index contributed by atoms with van der Waals surface area (Å²) in [5, 5.41) is 3.60. The van der Waals surface area contributed by atoms with Crippen LogP contribution in [0.25, 0.3) is 0 Å². The van der Waals surface area contributed by atoms with E-state index in [1.54, 1.807) is 29.2 Å². The number of halogens is 1. The average Bonchev–Trinajstić information content (AvgIpc) is 2.74. The van der Waals surface area contributed by atoms with Crippen molar-refractivity contribution in [3.05, 3.63) is 64.7 Å². The van der Waals surface area contributed by atoms with Gasteiger partial charge in [0.15, 0.2) is 6.61 Å². The number of ether oxygens (including phenoxy) is 1. The van der Waals surface area contributed by atoms with Gasteiger partial charge in [0.1, 0.15) is 11.8 Å². The monoisotopic (exact) mass is 430 g/mol. The zero-order valence-corrected chi connectivity index (χ0v) is 18.9. The average molecular weight is 431 g/mol. The standard InChI is InChI=1S/C24H31ClN2O3/c1-5-18(4)26-24(29)22(6-2)27(15-19-9-7-17(3)8-10-19)23(28)16-30-21-13-11-20(25)12-14-21/h7-14,18,22H,5-6,15-16H2,1-4H3,(H,26,29)/t18-,22+/m0/s1. The number of amides is 2. The quantitative estimate of drug-likeness (QED) is 0.591. The van der Waals surface area contributed by atoms with Crippen LogP contribution in [-0.2, 0) is 16.1 Å². The number of nitrogens with one attached hydrogen (secondary N) is 1. The van der Waals surface area contributed by atoms with Crippen LogP contribution in [0.15, 0.2) is 48.5 Å². The molecule has 2 aromatic carbocycles. The second kappa shape index (κ2) is 11.6. The molecule has 0 unspecified atom stereocenters. The van der Waals surface area contributed by atoms with E-state index < -0.39 is 6.04 Å². The second-order valence-electron chi connectivity index (χ2n) is 7.49. The molecule has 0 aliphatic carbocycles. The summed E-state index contributed by atoms with van der Waals surface area (Å²) in [6.45, 7) is 8.09. The van der Waals surface area contributed by atoms with Gasteiger partial charge in [-0.2, -0.15) is 0 Å². The lowest BCUT2D eigenvalue weighted by molar-refractivity contribution is -0.143. The van der Waals surface area contributed by atoms with E-state index in [9.17, 15) is 9.59 Å². The molecular weight excluding hydrogens is 400 g/mol. The Morgan fingerprint density at radius 2 is 1.67 bits per heavy atom. The Kier molecular flexibility index (Phi) is 9.18. The molecule has 5 nitrogen and oxygen atoms in total. The number of aryl methyl sites for hydroxylation is 1. The molecule has 6 heteroatoms. The Morgan fingerprint density at radius 1 is 1.03 bits per heavy atom. The van der Waals surface area contributed by atoms with Crippen molar-refractivity contribution in [3.63, 3.8) is 0 Å². The zero-order valence-electron chi connectivity index (χ0n) is 18.2. The lowest BCUT2D eigenvalue weighted by Gasteiger charge is -2.31. The van der Waals surface area contributed by atoms with Gasteiger partial charge in [0.25, 0.3) is 5.91 Å². The molecule has 0 radical (unpaired) electrons. The summed E-state index contributed by atoms with van der Waals surface area (Å²) in [4.78, 5) is 27.6. The summed E-state index contributed by atoms with van der Waals surface area (Å²) in [6, 6.07) is 14.3. The maximum atomic E-state index is 13.1. The Labute approximate surface area is 184 Å². The van der Waals surface area contributed by atoms with Crippen molar-refractivity contribution in [2.45, 2.75) is 59.2 Å². The molecule has 0 aliphatic heterocycles. The van der Waals surface area contributed by atoms with Crippen molar-refractivity contribution >= 4 is 23.4 Å². The molecule has 1 N–H and O–H groups in total. The van der Waals surface area contributed by atoms with Crippen molar-refractivity contribution < 1.29 is 14.3 Å². The SMILES string of the molecule is CC[C@H](C(=O)N[C@@H](C)CC)N(Cc1ccc(C)cc1)C(=O)COc1ccc(Cl)cc1. The van der Waals surface area contributed by atoms with Crippen LogP contribution in [0.3, 0.4) is 0 Å². The highest BCUT2D eigenvalue weighted by Gasteiger charge is 2.29. The van der Waals surface area contributed by atoms with Crippen molar-refractivity contribution in [2.75, 3.05) is 6.61 Å². The van der Waals surface area contributed by atoms with Gasteiger partial charge < -0.3 is 15.0 Å².